The Morgan fingerprint density at radius 1 is 1.08 bits per heavy atom. The van der Waals surface area contributed by atoms with Crippen molar-refractivity contribution in [2.45, 2.75) is 12.1 Å². The first-order valence-corrected chi connectivity index (χ1v) is 8.68. The summed E-state index contributed by atoms with van der Waals surface area (Å²) in [6, 6.07) is 17.8. The maximum absolute atomic E-state index is 13.6. The number of rotatable bonds is 5. The highest BCUT2D eigenvalue weighted by molar-refractivity contribution is 7.99. The van der Waals surface area contributed by atoms with E-state index >= 15 is 0 Å². The number of aryl methyl sites for hydroxylation is 1. The van der Waals surface area contributed by atoms with Crippen LogP contribution in [0.5, 0.6) is 0 Å². The zero-order valence-electron chi connectivity index (χ0n) is 13.6. The van der Waals surface area contributed by atoms with Crippen molar-refractivity contribution < 1.29 is 9.18 Å². The zero-order chi connectivity index (χ0) is 17.6. The number of hydrogen-bond acceptors (Lipinski definition) is 4. The minimum Gasteiger partial charge on any atom is -0.323 e. The van der Waals surface area contributed by atoms with Gasteiger partial charge in [0, 0.05) is 11.3 Å². The molecule has 0 fully saturated rings. The van der Waals surface area contributed by atoms with E-state index in [-0.39, 0.29) is 17.3 Å². The quantitative estimate of drug-likeness (QED) is 0.548. The molecular formula is C19H16FN3OS. The number of benzene rings is 2. The predicted octanol–water partition coefficient (Wildman–Crippen LogP) is 4.32. The lowest BCUT2D eigenvalue weighted by molar-refractivity contribution is -0.113. The van der Waals surface area contributed by atoms with Gasteiger partial charge in [0.2, 0.25) is 5.91 Å². The van der Waals surface area contributed by atoms with Gasteiger partial charge in [-0.3, -0.25) is 4.79 Å². The van der Waals surface area contributed by atoms with E-state index in [0.29, 0.717) is 5.16 Å². The Balaban J connectivity index is 1.68. The van der Waals surface area contributed by atoms with Crippen LogP contribution in [0.2, 0.25) is 0 Å². The second kappa shape index (κ2) is 7.90. The van der Waals surface area contributed by atoms with Gasteiger partial charge < -0.3 is 5.32 Å². The molecule has 1 heterocycles. The molecule has 3 rings (SSSR count). The van der Waals surface area contributed by atoms with Crippen LogP contribution in [0.25, 0.3) is 11.3 Å². The molecule has 25 heavy (non-hydrogen) atoms. The Morgan fingerprint density at radius 2 is 1.80 bits per heavy atom. The summed E-state index contributed by atoms with van der Waals surface area (Å²) in [4.78, 5) is 20.9. The Bertz CT molecular complexity index is 887. The van der Waals surface area contributed by atoms with Crippen molar-refractivity contribution in [1.29, 1.82) is 0 Å². The van der Waals surface area contributed by atoms with Gasteiger partial charge in [-0.1, -0.05) is 54.2 Å². The van der Waals surface area contributed by atoms with Crippen molar-refractivity contribution in [2.75, 3.05) is 11.1 Å². The molecule has 0 aliphatic rings. The van der Waals surface area contributed by atoms with Crippen LogP contribution < -0.4 is 5.32 Å². The number of carbonyl (C=O) groups excluding carboxylic acids is 1. The number of nitrogens with one attached hydrogen (secondary N) is 1. The van der Waals surface area contributed by atoms with Crippen LogP contribution in [-0.4, -0.2) is 21.6 Å². The van der Waals surface area contributed by atoms with E-state index in [1.54, 1.807) is 12.1 Å². The molecule has 0 radical (unpaired) electrons. The minimum atomic E-state index is -0.459. The van der Waals surface area contributed by atoms with E-state index in [9.17, 15) is 9.18 Å². The lowest BCUT2D eigenvalue weighted by Gasteiger charge is -2.07. The molecule has 0 saturated heterocycles. The molecule has 0 spiro atoms. The summed E-state index contributed by atoms with van der Waals surface area (Å²) >= 11 is 1.22. The molecule has 0 atom stereocenters. The van der Waals surface area contributed by atoms with E-state index in [2.05, 4.69) is 15.3 Å². The average molecular weight is 353 g/mol. The number of amides is 1. The summed E-state index contributed by atoms with van der Waals surface area (Å²) < 4.78 is 13.6. The average Bonchev–Trinajstić information content (AvgIpc) is 2.62. The highest BCUT2D eigenvalue weighted by Crippen LogP contribution is 2.22. The maximum Gasteiger partial charge on any atom is 0.234 e. The third kappa shape index (κ3) is 4.64. The largest absolute Gasteiger partial charge is 0.323 e. The number of para-hydroxylation sites is 1. The number of thioether (sulfide) groups is 1. The monoisotopic (exact) mass is 353 g/mol. The van der Waals surface area contributed by atoms with Gasteiger partial charge in [-0.05, 0) is 25.1 Å². The van der Waals surface area contributed by atoms with Gasteiger partial charge in [-0.25, -0.2) is 14.4 Å². The molecule has 0 aliphatic heterocycles. The van der Waals surface area contributed by atoms with Crippen molar-refractivity contribution in [3.63, 3.8) is 0 Å². The standard InChI is InChI=1S/C19H16FN3OS/c1-13-11-17(14-7-3-2-4-8-14)23-19(21-13)25-12-18(24)22-16-10-6-5-9-15(16)20/h2-11H,12H2,1H3,(H,22,24). The van der Waals surface area contributed by atoms with Crippen LogP contribution in [0.4, 0.5) is 10.1 Å². The minimum absolute atomic E-state index is 0.103. The topological polar surface area (TPSA) is 54.9 Å². The molecule has 6 heteroatoms. The molecule has 3 aromatic rings. The fourth-order valence-corrected chi connectivity index (χ4v) is 2.95. The molecule has 1 aromatic heterocycles. The molecule has 0 unspecified atom stereocenters. The van der Waals surface area contributed by atoms with Crippen LogP contribution in [0, 0.1) is 12.7 Å². The summed E-state index contributed by atoms with van der Waals surface area (Å²) in [6.07, 6.45) is 0. The number of nitrogens with zero attached hydrogens (tertiary/aromatic N) is 2. The van der Waals surface area contributed by atoms with Crippen molar-refractivity contribution in [1.82, 2.24) is 9.97 Å². The molecule has 1 N–H and O–H groups in total. The summed E-state index contributed by atoms with van der Waals surface area (Å²) in [5, 5.41) is 3.07. The van der Waals surface area contributed by atoms with E-state index in [0.717, 1.165) is 17.0 Å². The highest BCUT2D eigenvalue weighted by Gasteiger charge is 2.10. The van der Waals surface area contributed by atoms with Crippen LogP contribution in [0.1, 0.15) is 5.69 Å². The van der Waals surface area contributed by atoms with E-state index in [1.165, 1.54) is 23.9 Å². The highest BCUT2D eigenvalue weighted by atomic mass is 32.2. The van der Waals surface area contributed by atoms with Gasteiger partial charge >= 0.3 is 0 Å². The van der Waals surface area contributed by atoms with E-state index in [4.69, 9.17) is 0 Å². The van der Waals surface area contributed by atoms with Crippen molar-refractivity contribution in [3.05, 3.63) is 72.2 Å². The fourth-order valence-electron chi connectivity index (χ4n) is 2.24. The molecule has 126 valence electrons. The van der Waals surface area contributed by atoms with E-state index < -0.39 is 5.82 Å². The SMILES string of the molecule is Cc1cc(-c2ccccc2)nc(SCC(=O)Nc2ccccc2F)n1. The Hall–Kier alpha value is -2.73. The molecule has 0 bridgehead atoms. The normalized spacial score (nSPS) is 10.5. The van der Waals surface area contributed by atoms with E-state index in [1.807, 2.05) is 43.3 Å². The third-order valence-electron chi connectivity index (χ3n) is 3.38. The van der Waals surface area contributed by atoms with Crippen molar-refractivity contribution >= 4 is 23.4 Å². The summed E-state index contributed by atoms with van der Waals surface area (Å²) in [7, 11) is 0. The van der Waals surface area contributed by atoms with Crippen LogP contribution in [0.15, 0.2) is 65.8 Å². The van der Waals surface area contributed by atoms with Gasteiger partial charge in [-0.15, -0.1) is 0 Å². The van der Waals surface area contributed by atoms with Crippen LogP contribution in [-0.2, 0) is 4.79 Å². The predicted molar refractivity (Wildman–Crippen MR) is 98.0 cm³/mol. The summed E-state index contributed by atoms with van der Waals surface area (Å²) in [5.74, 6) is -0.660. The lowest BCUT2D eigenvalue weighted by Crippen LogP contribution is -2.15. The first kappa shape index (κ1) is 17.1. The van der Waals surface area contributed by atoms with Crippen molar-refractivity contribution in [3.8, 4) is 11.3 Å². The number of anilines is 1. The Labute approximate surface area is 149 Å². The second-order valence-corrected chi connectivity index (χ2v) is 6.30. The summed E-state index contributed by atoms with van der Waals surface area (Å²) in [5.41, 5.74) is 2.80. The molecular weight excluding hydrogens is 337 g/mol. The number of aromatic nitrogens is 2. The fraction of sp³-hybridized carbons (Fsp3) is 0.105. The number of hydrogen-bond donors (Lipinski definition) is 1. The first-order chi connectivity index (χ1) is 12.1. The van der Waals surface area contributed by atoms with Gasteiger partial charge in [-0.2, -0.15) is 0 Å². The molecule has 1 amide bonds. The molecule has 4 nitrogen and oxygen atoms in total. The Morgan fingerprint density at radius 3 is 2.56 bits per heavy atom. The van der Waals surface area contributed by atoms with Gasteiger partial charge in [0.05, 0.1) is 17.1 Å². The van der Waals surface area contributed by atoms with Crippen LogP contribution >= 0.6 is 11.8 Å². The maximum atomic E-state index is 13.6. The number of carbonyl (C=O) groups is 1. The van der Waals surface area contributed by atoms with Crippen LogP contribution in [0.3, 0.4) is 0 Å². The Kier molecular flexibility index (Phi) is 5.40. The second-order valence-electron chi connectivity index (χ2n) is 5.36. The van der Waals surface area contributed by atoms with Crippen molar-refractivity contribution in [2.24, 2.45) is 0 Å². The summed E-state index contributed by atoms with van der Waals surface area (Å²) in [6.45, 7) is 1.89. The lowest BCUT2D eigenvalue weighted by atomic mass is 10.1. The van der Waals surface area contributed by atoms with Gasteiger partial charge in [0.1, 0.15) is 5.82 Å². The smallest absolute Gasteiger partial charge is 0.234 e. The molecule has 0 saturated carbocycles. The third-order valence-corrected chi connectivity index (χ3v) is 4.23. The molecule has 0 aliphatic carbocycles. The van der Waals surface area contributed by atoms with Gasteiger partial charge in [0.15, 0.2) is 5.16 Å². The first-order valence-electron chi connectivity index (χ1n) is 7.70. The number of halogens is 1. The molecule has 2 aromatic carbocycles. The van der Waals surface area contributed by atoms with Gasteiger partial charge in [0.25, 0.3) is 0 Å². The zero-order valence-corrected chi connectivity index (χ0v) is 14.4.